The van der Waals surface area contributed by atoms with Crippen molar-refractivity contribution in [3.05, 3.63) is 54.1 Å². The van der Waals surface area contributed by atoms with Crippen LogP contribution in [0.4, 0.5) is 17.6 Å². The Morgan fingerprint density at radius 3 is 2.57 bits per heavy atom. The average Bonchev–Trinajstić information content (AvgIpc) is 3.56. The molecule has 6 rings (SSSR count). The summed E-state index contributed by atoms with van der Waals surface area (Å²) in [6, 6.07) is 10.2. The standard InChI is InChI=1S/C28H33N7O2/c1-18-13-24(25(17-29-18)37-23-7-5-22(36)6-8-23)20-9-12-35-21(15-20)16-27(33-35)31-26-14-19(2)30-28(32-26)34-10-3-4-11-34/h9,12-17,22-23,36H,3-8,10-11H2,1-2H3,(H,30,31,32,33). The van der Waals surface area contributed by atoms with Crippen molar-refractivity contribution < 1.29 is 9.84 Å². The third-order valence-electron chi connectivity index (χ3n) is 7.20. The molecule has 2 aliphatic rings. The summed E-state index contributed by atoms with van der Waals surface area (Å²) in [5.41, 5.74) is 4.89. The van der Waals surface area contributed by atoms with Crippen LogP contribution in [0.3, 0.4) is 0 Å². The van der Waals surface area contributed by atoms with E-state index in [1.807, 2.05) is 42.9 Å². The lowest BCUT2D eigenvalue weighted by molar-refractivity contribution is 0.0667. The van der Waals surface area contributed by atoms with Crippen LogP contribution >= 0.6 is 0 Å². The van der Waals surface area contributed by atoms with Gasteiger partial charge in [0.15, 0.2) is 5.82 Å². The van der Waals surface area contributed by atoms with E-state index in [2.05, 4.69) is 38.4 Å². The van der Waals surface area contributed by atoms with Gasteiger partial charge in [-0.15, -0.1) is 0 Å². The molecule has 4 aromatic heterocycles. The maximum Gasteiger partial charge on any atom is 0.227 e. The van der Waals surface area contributed by atoms with Crippen LogP contribution in [-0.2, 0) is 0 Å². The normalized spacial score (nSPS) is 19.9. The Morgan fingerprint density at radius 2 is 1.76 bits per heavy atom. The smallest absolute Gasteiger partial charge is 0.227 e. The number of anilines is 3. The summed E-state index contributed by atoms with van der Waals surface area (Å²) >= 11 is 0. The number of aliphatic hydroxyl groups is 1. The fourth-order valence-corrected chi connectivity index (χ4v) is 5.24. The number of hydrogen-bond acceptors (Lipinski definition) is 8. The van der Waals surface area contributed by atoms with E-state index in [0.717, 1.165) is 90.1 Å². The molecule has 0 spiro atoms. The summed E-state index contributed by atoms with van der Waals surface area (Å²) in [6.07, 6.45) is 9.31. The lowest BCUT2D eigenvalue weighted by Crippen LogP contribution is -2.26. The molecule has 4 aromatic rings. The molecule has 2 N–H and O–H groups in total. The van der Waals surface area contributed by atoms with Gasteiger partial charge in [0.05, 0.1) is 23.9 Å². The summed E-state index contributed by atoms with van der Waals surface area (Å²) in [7, 11) is 0. The van der Waals surface area contributed by atoms with Crippen molar-refractivity contribution in [2.45, 2.75) is 64.6 Å². The minimum absolute atomic E-state index is 0.0999. The van der Waals surface area contributed by atoms with Crippen molar-refractivity contribution in [2.24, 2.45) is 0 Å². The van der Waals surface area contributed by atoms with Crippen molar-refractivity contribution in [1.82, 2.24) is 24.6 Å². The zero-order chi connectivity index (χ0) is 25.4. The Kier molecular flexibility index (Phi) is 6.38. The number of nitrogens with one attached hydrogen (secondary N) is 1. The van der Waals surface area contributed by atoms with Crippen LogP contribution in [0.2, 0.25) is 0 Å². The molecule has 1 saturated carbocycles. The molecule has 1 saturated heterocycles. The maximum absolute atomic E-state index is 9.84. The van der Waals surface area contributed by atoms with Crippen LogP contribution in [0.25, 0.3) is 16.6 Å². The van der Waals surface area contributed by atoms with Gasteiger partial charge >= 0.3 is 0 Å². The maximum atomic E-state index is 9.84. The quantitative estimate of drug-likeness (QED) is 0.389. The minimum atomic E-state index is -0.208. The second-order valence-electron chi connectivity index (χ2n) is 10.2. The highest BCUT2D eigenvalue weighted by atomic mass is 16.5. The first-order valence-electron chi connectivity index (χ1n) is 13.2. The predicted molar refractivity (Wildman–Crippen MR) is 144 cm³/mol. The number of pyridine rings is 2. The third-order valence-corrected chi connectivity index (χ3v) is 7.20. The third kappa shape index (κ3) is 5.22. The van der Waals surface area contributed by atoms with Crippen molar-refractivity contribution in [3.63, 3.8) is 0 Å². The zero-order valence-electron chi connectivity index (χ0n) is 21.4. The molecule has 0 aromatic carbocycles. The summed E-state index contributed by atoms with van der Waals surface area (Å²) in [5.74, 6) is 3.03. The topological polar surface area (TPSA) is 101 Å². The molecular formula is C28H33N7O2. The molecule has 9 nitrogen and oxygen atoms in total. The van der Waals surface area contributed by atoms with E-state index in [1.165, 1.54) is 12.8 Å². The number of rotatable bonds is 6. The van der Waals surface area contributed by atoms with E-state index in [4.69, 9.17) is 14.8 Å². The first kappa shape index (κ1) is 23.7. The molecule has 9 heteroatoms. The second-order valence-corrected chi connectivity index (χ2v) is 10.2. The van der Waals surface area contributed by atoms with Crippen LogP contribution < -0.4 is 15.0 Å². The van der Waals surface area contributed by atoms with E-state index < -0.39 is 0 Å². The number of fused-ring (bicyclic) bond motifs is 1. The van der Waals surface area contributed by atoms with Gasteiger partial charge in [0.2, 0.25) is 5.95 Å². The Labute approximate surface area is 216 Å². The lowest BCUT2D eigenvalue weighted by atomic mass is 9.95. The van der Waals surface area contributed by atoms with E-state index in [1.54, 1.807) is 0 Å². The number of aryl methyl sites for hydroxylation is 2. The number of nitrogens with zero attached hydrogens (tertiary/aromatic N) is 6. The molecule has 0 amide bonds. The lowest BCUT2D eigenvalue weighted by Gasteiger charge is -2.27. The van der Waals surface area contributed by atoms with Gasteiger partial charge in [0.1, 0.15) is 11.6 Å². The second kappa shape index (κ2) is 9.97. The van der Waals surface area contributed by atoms with Crippen LogP contribution in [0.5, 0.6) is 5.75 Å². The van der Waals surface area contributed by atoms with Gasteiger partial charge in [-0.05, 0) is 76.1 Å². The molecule has 0 bridgehead atoms. The highest BCUT2D eigenvalue weighted by molar-refractivity contribution is 5.75. The Morgan fingerprint density at radius 1 is 0.946 bits per heavy atom. The number of aliphatic hydroxyl groups excluding tert-OH is 1. The fourth-order valence-electron chi connectivity index (χ4n) is 5.24. The molecule has 37 heavy (non-hydrogen) atoms. The van der Waals surface area contributed by atoms with E-state index >= 15 is 0 Å². The minimum Gasteiger partial charge on any atom is -0.488 e. The average molecular weight is 500 g/mol. The van der Waals surface area contributed by atoms with Gasteiger partial charge in [0.25, 0.3) is 0 Å². The molecular weight excluding hydrogens is 466 g/mol. The van der Waals surface area contributed by atoms with Crippen LogP contribution in [0, 0.1) is 13.8 Å². The van der Waals surface area contributed by atoms with Crippen LogP contribution in [-0.4, -0.2) is 55.0 Å². The van der Waals surface area contributed by atoms with Gasteiger partial charge in [-0.2, -0.15) is 10.1 Å². The molecule has 2 fully saturated rings. The number of aromatic nitrogens is 5. The van der Waals surface area contributed by atoms with Gasteiger partial charge in [-0.1, -0.05) is 0 Å². The van der Waals surface area contributed by atoms with Gasteiger partial charge in [-0.3, -0.25) is 4.98 Å². The molecule has 0 radical (unpaired) electrons. The summed E-state index contributed by atoms with van der Waals surface area (Å²) in [4.78, 5) is 16.1. The van der Waals surface area contributed by atoms with E-state index in [9.17, 15) is 5.11 Å². The Bertz CT molecular complexity index is 1410. The summed E-state index contributed by atoms with van der Waals surface area (Å²) in [6.45, 7) is 5.99. The first-order valence-corrected chi connectivity index (χ1v) is 13.2. The molecule has 0 atom stereocenters. The molecule has 192 valence electrons. The monoisotopic (exact) mass is 499 g/mol. The van der Waals surface area contributed by atoms with Crippen LogP contribution in [0.1, 0.15) is 49.9 Å². The van der Waals surface area contributed by atoms with Crippen molar-refractivity contribution in [2.75, 3.05) is 23.3 Å². The van der Waals surface area contributed by atoms with E-state index in [0.29, 0.717) is 0 Å². The number of ether oxygens (including phenoxy) is 1. The Balaban J connectivity index is 1.26. The molecule has 5 heterocycles. The van der Waals surface area contributed by atoms with E-state index in [-0.39, 0.29) is 12.2 Å². The van der Waals surface area contributed by atoms with Gasteiger partial charge in [0, 0.05) is 48.4 Å². The molecule has 1 aliphatic heterocycles. The zero-order valence-corrected chi connectivity index (χ0v) is 21.4. The fraction of sp³-hybridized carbons (Fsp3) is 0.429. The molecule has 0 unspecified atom stereocenters. The SMILES string of the molecule is Cc1cc(-c2ccn3nc(Nc4cc(C)nc(N5CCCC5)n4)cc3c2)c(OC2CCC(O)CC2)cn1. The van der Waals surface area contributed by atoms with Gasteiger partial charge in [-0.25, -0.2) is 9.50 Å². The predicted octanol–water partition coefficient (Wildman–Crippen LogP) is 4.83. The van der Waals surface area contributed by atoms with Gasteiger partial charge < -0.3 is 20.1 Å². The largest absolute Gasteiger partial charge is 0.488 e. The van der Waals surface area contributed by atoms with Crippen LogP contribution in [0.15, 0.2) is 42.7 Å². The summed E-state index contributed by atoms with van der Waals surface area (Å²) < 4.78 is 8.24. The molecule has 1 aliphatic carbocycles. The highest BCUT2D eigenvalue weighted by Crippen LogP contribution is 2.34. The van der Waals surface area contributed by atoms with Crippen molar-refractivity contribution >= 4 is 23.1 Å². The first-order chi connectivity index (χ1) is 18.0. The summed E-state index contributed by atoms with van der Waals surface area (Å²) in [5, 5.41) is 17.9. The Hall–Kier alpha value is -3.72. The van der Waals surface area contributed by atoms with Crippen molar-refractivity contribution in [3.8, 4) is 16.9 Å². The number of hydrogen-bond donors (Lipinski definition) is 2. The van der Waals surface area contributed by atoms with Crippen molar-refractivity contribution in [1.29, 1.82) is 0 Å². The highest BCUT2D eigenvalue weighted by Gasteiger charge is 2.22.